The number of carbonyl (C=O) groups is 2. The van der Waals surface area contributed by atoms with Gasteiger partial charge in [0.15, 0.2) is 0 Å². The van der Waals surface area contributed by atoms with Gasteiger partial charge in [0.05, 0.1) is 25.7 Å². The monoisotopic (exact) mass is 421 g/mol. The smallest absolute Gasteiger partial charge is 0.306 e. The van der Waals surface area contributed by atoms with Crippen LogP contribution in [0.25, 0.3) is 0 Å². The molecule has 0 bridgehead atoms. The second-order valence-corrected chi connectivity index (χ2v) is 9.03. The molecule has 1 aliphatic rings. The van der Waals surface area contributed by atoms with Gasteiger partial charge in [-0.05, 0) is 38.3 Å². The van der Waals surface area contributed by atoms with Gasteiger partial charge < -0.3 is 25.6 Å². The second-order valence-electron chi connectivity index (χ2n) is 9.03. The standard InChI is InChI=1S/C22H35N3O5/c1-14(2)17(21(28)29)10-19(26)18(23)11-24-12-20(27)25(13-22(24,3)4)15-7-6-8-16(9-15)30-5/h6-9,14,17-19,26H,10-13,23H2,1-5H3,(H,28,29)/t17-,18-,19-/m0/s1. The number of aliphatic carboxylic acids is 1. The zero-order chi connectivity index (χ0) is 22.6. The molecule has 0 unspecified atom stereocenters. The lowest BCUT2D eigenvalue weighted by Gasteiger charge is -2.47. The Labute approximate surface area is 178 Å². The van der Waals surface area contributed by atoms with Crippen LogP contribution in [-0.2, 0) is 9.59 Å². The van der Waals surface area contributed by atoms with Crippen LogP contribution < -0.4 is 15.4 Å². The van der Waals surface area contributed by atoms with E-state index >= 15 is 0 Å². The van der Waals surface area contributed by atoms with Gasteiger partial charge in [-0.1, -0.05) is 19.9 Å². The number of carboxylic acids is 1. The van der Waals surface area contributed by atoms with Crippen LogP contribution in [0.5, 0.6) is 5.75 Å². The van der Waals surface area contributed by atoms with Gasteiger partial charge in [-0.15, -0.1) is 0 Å². The van der Waals surface area contributed by atoms with Gasteiger partial charge in [0.1, 0.15) is 5.75 Å². The summed E-state index contributed by atoms with van der Waals surface area (Å²) >= 11 is 0. The first-order valence-corrected chi connectivity index (χ1v) is 10.3. The van der Waals surface area contributed by atoms with Crippen LogP contribution in [0, 0.1) is 11.8 Å². The van der Waals surface area contributed by atoms with Crippen LogP contribution in [0.4, 0.5) is 5.69 Å². The molecular weight excluding hydrogens is 386 g/mol. The SMILES string of the molecule is COc1cccc(N2CC(C)(C)N(C[C@H](N)[C@@H](O)C[C@H](C(=O)O)C(C)C)CC2=O)c1. The second kappa shape index (κ2) is 9.76. The summed E-state index contributed by atoms with van der Waals surface area (Å²) in [5.41, 5.74) is 6.62. The van der Waals surface area contributed by atoms with Gasteiger partial charge in [0, 0.05) is 36.4 Å². The summed E-state index contributed by atoms with van der Waals surface area (Å²) in [5, 5.41) is 19.9. The molecule has 0 spiro atoms. The van der Waals surface area contributed by atoms with E-state index in [1.54, 1.807) is 12.0 Å². The number of amides is 1. The van der Waals surface area contributed by atoms with Crippen molar-refractivity contribution in [3.63, 3.8) is 0 Å². The van der Waals surface area contributed by atoms with E-state index < -0.39 is 24.0 Å². The average molecular weight is 422 g/mol. The maximum Gasteiger partial charge on any atom is 0.306 e. The highest BCUT2D eigenvalue weighted by atomic mass is 16.5. The molecule has 1 heterocycles. The molecule has 1 aromatic rings. The summed E-state index contributed by atoms with van der Waals surface area (Å²) in [4.78, 5) is 28.0. The molecule has 1 amide bonds. The highest BCUT2D eigenvalue weighted by molar-refractivity contribution is 5.96. The quantitative estimate of drug-likeness (QED) is 0.554. The Morgan fingerprint density at radius 3 is 2.57 bits per heavy atom. The number of carboxylic acid groups (broad SMARTS) is 1. The molecule has 8 nitrogen and oxygen atoms in total. The molecule has 0 saturated carbocycles. The largest absolute Gasteiger partial charge is 0.497 e. The first kappa shape index (κ1) is 24.1. The van der Waals surface area contributed by atoms with E-state index in [1.807, 2.05) is 56.9 Å². The molecule has 0 aromatic heterocycles. The fourth-order valence-electron chi connectivity index (χ4n) is 3.83. The number of anilines is 1. The number of ether oxygens (including phenoxy) is 1. The molecule has 168 valence electrons. The molecular formula is C22H35N3O5. The summed E-state index contributed by atoms with van der Waals surface area (Å²) in [6.45, 7) is 8.62. The summed E-state index contributed by atoms with van der Waals surface area (Å²) in [6.07, 6.45) is -0.873. The fraction of sp³-hybridized carbons (Fsp3) is 0.636. The zero-order valence-electron chi connectivity index (χ0n) is 18.5. The summed E-state index contributed by atoms with van der Waals surface area (Å²) in [7, 11) is 1.59. The zero-order valence-corrected chi connectivity index (χ0v) is 18.5. The van der Waals surface area contributed by atoms with Gasteiger partial charge in [-0.3, -0.25) is 14.5 Å². The Kier molecular flexibility index (Phi) is 7.85. The average Bonchev–Trinajstić information content (AvgIpc) is 2.67. The number of hydrogen-bond donors (Lipinski definition) is 3. The number of rotatable bonds is 9. The van der Waals surface area contributed by atoms with Gasteiger partial charge >= 0.3 is 5.97 Å². The van der Waals surface area contributed by atoms with E-state index in [1.165, 1.54) is 0 Å². The number of methoxy groups -OCH3 is 1. The third-order valence-electron chi connectivity index (χ3n) is 5.94. The van der Waals surface area contributed by atoms with Crippen LogP contribution in [0.15, 0.2) is 24.3 Å². The number of aliphatic hydroxyl groups excluding tert-OH is 1. The molecule has 0 aliphatic carbocycles. The number of aliphatic hydroxyl groups is 1. The molecule has 0 radical (unpaired) electrons. The van der Waals surface area contributed by atoms with Gasteiger partial charge in [-0.25, -0.2) is 0 Å². The van der Waals surface area contributed by atoms with Crippen molar-refractivity contribution in [1.29, 1.82) is 0 Å². The van der Waals surface area contributed by atoms with Crippen LogP contribution in [0.2, 0.25) is 0 Å². The number of piperazine rings is 1. The van der Waals surface area contributed by atoms with Crippen LogP contribution in [0.3, 0.4) is 0 Å². The van der Waals surface area contributed by atoms with Crippen molar-refractivity contribution >= 4 is 17.6 Å². The van der Waals surface area contributed by atoms with Gasteiger partial charge in [0.2, 0.25) is 5.91 Å². The molecule has 1 aliphatic heterocycles. The van der Waals surface area contributed by atoms with Gasteiger partial charge in [0.25, 0.3) is 0 Å². The van der Waals surface area contributed by atoms with Crippen molar-refractivity contribution in [3.8, 4) is 5.75 Å². The van der Waals surface area contributed by atoms with Crippen molar-refractivity contribution < 1.29 is 24.5 Å². The van der Waals surface area contributed by atoms with E-state index in [4.69, 9.17) is 10.5 Å². The molecule has 1 fully saturated rings. The van der Waals surface area contributed by atoms with Crippen LogP contribution in [0.1, 0.15) is 34.1 Å². The van der Waals surface area contributed by atoms with Crippen LogP contribution in [-0.4, -0.2) is 71.4 Å². The van der Waals surface area contributed by atoms with E-state index in [9.17, 15) is 19.8 Å². The lowest BCUT2D eigenvalue weighted by molar-refractivity contribution is -0.144. The highest BCUT2D eigenvalue weighted by Gasteiger charge is 2.40. The van der Waals surface area contributed by atoms with Crippen molar-refractivity contribution in [1.82, 2.24) is 4.90 Å². The third kappa shape index (κ3) is 5.71. The number of nitrogens with zero attached hydrogens (tertiary/aromatic N) is 2. The molecule has 3 atom stereocenters. The Morgan fingerprint density at radius 1 is 1.33 bits per heavy atom. The Hall–Kier alpha value is -2.16. The predicted octanol–water partition coefficient (Wildman–Crippen LogP) is 1.56. The summed E-state index contributed by atoms with van der Waals surface area (Å²) in [6, 6.07) is 6.73. The molecule has 30 heavy (non-hydrogen) atoms. The number of nitrogens with two attached hydrogens (primary N) is 1. The Morgan fingerprint density at radius 2 is 2.00 bits per heavy atom. The van der Waals surface area contributed by atoms with Crippen molar-refractivity contribution in [3.05, 3.63) is 24.3 Å². The fourth-order valence-corrected chi connectivity index (χ4v) is 3.83. The van der Waals surface area contributed by atoms with Crippen molar-refractivity contribution in [2.75, 3.05) is 31.6 Å². The van der Waals surface area contributed by atoms with Crippen molar-refractivity contribution in [2.24, 2.45) is 17.6 Å². The number of hydrogen-bond acceptors (Lipinski definition) is 6. The minimum absolute atomic E-state index is 0.0603. The van der Waals surface area contributed by atoms with Gasteiger partial charge in [-0.2, -0.15) is 0 Å². The molecule has 8 heteroatoms. The number of benzene rings is 1. The first-order chi connectivity index (χ1) is 14.0. The van der Waals surface area contributed by atoms with E-state index in [0.717, 1.165) is 5.69 Å². The van der Waals surface area contributed by atoms with E-state index in [-0.39, 0.29) is 30.3 Å². The topological polar surface area (TPSA) is 116 Å². The summed E-state index contributed by atoms with van der Waals surface area (Å²) in [5.74, 6) is -1.07. The first-order valence-electron chi connectivity index (χ1n) is 10.3. The molecule has 4 N–H and O–H groups in total. The normalized spacial score (nSPS) is 20.1. The lowest BCUT2D eigenvalue weighted by Crippen LogP contribution is -2.64. The molecule has 1 saturated heterocycles. The molecule has 1 aromatic carbocycles. The predicted molar refractivity (Wildman–Crippen MR) is 116 cm³/mol. The lowest BCUT2D eigenvalue weighted by atomic mass is 9.87. The summed E-state index contributed by atoms with van der Waals surface area (Å²) < 4.78 is 5.26. The molecule has 2 rings (SSSR count). The highest BCUT2D eigenvalue weighted by Crippen LogP contribution is 2.29. The minimum Gasteiger partial charge on any atom is -0.497 e. The third-order valence-corrected chi connectivity index (χ3v) is 5.94. The Bertz CT molecular complexity index is 752. The van der Waals surface area contributed by atoms with Crippen LogP contribution >= 0.6 is 0 Å². The minimum atomic E-state index is -0.962. The van der Waals surface area contributed by atoms with E-state index in [2.05, 4.69) is 0 Å². The Balaban J connectivity index is 2.07. The van der Waals surface area contributed by atoms with Crippen molar-refractivity contribution in [2.45, 2.75) is 51.8 Å². The van der Waals surface area contributed by atoms with E-state index in [0.29, 0.717) is 18.8 Å². The number of carbonyl (C=O) groups excluding carboxylic acids is 1. The maximum atomic E-state index is 12.9. The maximum absolute atomic E-state index is 12.9.